The van der Waals surface area contributed by atoms with E-state index in [-0.39, 0.29) is 6.04 Å². The summed E-state index contributed by atoms with van der Waals surface area (Å²) < 4.78 is 0. The summed E-state index contributed by atoms with van der Waals surface area (Å²) in [5, 5.41) is 8.63. The first-order valence-electron chi connectivity index (χ1n) is 3.45. The van der Waals surface area contributed by atoms with Crippen LogP contribution >= 0.6 is 0 Å². The standard InChI is InChI=1S/C7H9NO2/c9-7(10)8-4-5-1-2-6(8)3-5/h1-2,5-6H,3-4H2,(H,9,10)/t5?,6-/m0/s1. The van der Waals surface area contributed by atoms with Gasteiger partial charge in [0.25, 0.3) is 0 Å². The number of likely N-dealkylation sites (tertiary alicyclic amines) is 1. The zero-order valence-corrected chi connectivity index (χ0v) is 5.53. The lowest BCUT2D eigenvalue weighted by Crippen LogP contribution is -2.34. The summed E-state index contributed by atoms with van der Waals surface area (Å²) in [4.78, 5) is 12.0. The van der Waals surface area contributed by atoms with E-state index in [1.54, 1.807) is 0 Å². The SMILES string of the molecule is O=C(O)N1CC2C=C[C@H]1C2. The fourth-order valence-electron chi connectivity index (χ4n) is 1.73. The van der Waals surface area contributed by atoms with Gasteiger partial charge in [-0.15, -0.1) is 0 Å². The second-order valence-electron chi connectivity index (χ2n) is 2.88. The van der Waals surface area contributed by atoms with Crippen molar-refractivity contribution < 1.29 is 9.90 Å². The largest absolute Gasteiger partial charge is 0.465 e. The summed E-state index contributed by atoms with van der Waals surface area (Å²) in [6.45, 7) is 0.705. The van der Waals surface area contributed by atoms with Gasteiger partial charge in [0, 0.05) is 6.54 Å². The van der Waals surface area contributed by atoms with Crippen molar-refractivity contribution in [2.24, 2.45) is 5.92 Å². The van der Waals surface area contributed by atoms with E-state index in [2.05, 4.69) is 6.08 Å². The smallest absolute Gasteiger partial charge is 0.407 e. The van der Waals surface area contributed by atoms with E-state index in [1.165, 1.54) is 4.90 Å². The quantitative estimate of drug-likeness (QED) is 0.507. The molecule has 3 nitrogen and oxygen atoms in total. The van der Waals surface area contributed by atoms with E-state index in [1.807, 2.05) is 6.08 Å². The summed E-state index contributed by atoms with van der Waals surface area (Å²) in [6, 6.07) is 0.183. The number of nitrogens with zero attached hydrogens (tertiary/aromatic N) is 1. The van der Waals surface area contributed by atoms with E-state index in [0.717, 1.165) is 6.42 Å². The van der Waals surface area contributed by atoms with Crippen LogP contribution in [0.4, 0.5) is 4.79 Å². The van der Waals surface area contributed by atoms with Crippen molar-refractivity contribution in [2.45, 2.75) is 12.5 Å². The van der Waals surface area contributed by atoms with Gasteiger partial charge in [0.05, 0.1) is 6.04 Å². The van der Waals surface area contributed by atoms with Crippen LogP contribution in [0, 0.1) is 5.92 Å². The van der Waals surface area contributed by atoms with Crippen LogP contribution in [-0.2, 0) is 0 Å². The molecule has 2 aliphatic rings. The van der Waals surface area contributed by atoms with Gasteiger partial charge in [0.2, 0.25) is 0 Å². The Morgan fingerprint density at radius 2 is 2.40 bits per heavy atom. The molecule has 1 amide bonds. The number of rotatable bonds is 0. The first-order valence-corrected chi connectivity index (χ1v) is 3.45. The Bertz CT molecular complexity index is 200. The van der Waals surface area contributed by atoms with Gasteiger partial charge in [-0.2, -0.15) is 0 Å². The fourth-order valence-corrected chi connectivity index (χ4v) is 1.73. The van der Waals surface area contributed by atoms with E-state index >= 15 is 0 Å². The minimum absolute atomic E-state index is 0.183. The van der Waals surface area contributed by atoms with E-state index in [9.17, 15) is 4.79 Å². The second kappa shape index (κ2) is 1.75. The zero-order chi connectivity index (χ0) is 7.14. The Hall–Kier alpha value is -0.990. The van der Waals surface area contributed by atoms with E-state index in [0.29, 0.717) is 12.5 Å². The summed E-state index contributed by atoms with van der Waals surface area (Å²) >= 11 is 0. The van der Waals surface area contributed by atoms with Crippen LogP contribution < -0.4 is 0 Å². The van der Waals surface area contributed by atoms with E-state index < -0.39 is 6.09 Å². The highest BCUT2D eigenvalue weighted by molar-refractivity contribution is 5.66. The van der Waals surface area contributed by atoms with Crippen molar-refractivity contribution in [3.63, 3.8) is 0 Å². The molecule has 10 heavy (non-hydrogen) atoms. The molecule has 1 aliphatic carbocycles. The lowest BCUT2D eigenvalue weighted by molar-refractivity contribution is 0.145. The predicted octanol–water partition coefficient (Wildman–Crippen LogP) is 0.925. The Morgan fingerprint density at radius 3 is 2.70 bits per heavy atom. The second-order valence-corrected chi connectivity index (χ2v) is 2.88. The van der Waals surface area contributed by atoms with Gasteiger partial charge >= 0.3 is 6.09 Å². The van der Waals surface area contributed by atoms with Crippen LogP contribution in [0.3, 0.4) is 0 Å². The third-order valence-electron chi connectivity index (χ3n) is 2.23. The third kappa shape index (κ3) is 0.632. The molecule has 2 atom stereocenters. The van der Waals surface area contributed by atoms with E-state index in [4.69, 9.17) is 5.11 Å². The van der Waals surface area contributed by atoms with Gasteiger partial charge in [-0.1, -0.05) is 12.2 Å². The summed E-state index contributed by atoms with van der Waals surface area (Å²) in [7, 11) is 0. The molecule has 1 fully saturated rings. The maximum atomic E-state index is 10.5. The first kappa shape index (κ1) is 5.77. The fraction of sp³-hybridized carbons (Fsp3) is 0.571. The van der Waals surface area contributed by atoms with Gasteiger partial charge in [-0.3, -0.25) is 0 Å². The Balaban J connectivity index is 2.16. The number of hydrogen-bond donors (Lipinski definition) is 1. The lowest BCUT2D eigenvalue weighted by atomic mass is 10.2. The van der Waals surface area contributed by atoms with Crippen LogP contribution in [-0.4, -0.2) is 28.7 Å². The van der Waals surface area contributed by atoms with Crippen molar-refractivity contribution >= 4 is 6.09 Å². The molecule has 1 unspecified atom stereocenters. The molecule has 3 heteroatoms. The number of carbonyl (C=O) groups is 1. The van der Waals surface area contributed by atoms with Crippen molar-refractivity contribution in [1.82, 2.24) is 4.90 Å². The average Bonchev–Trinajstić information content (AvgIpc) is 2.44. The molecular weight excluding hydrogens is 130 g/mol. The molecular formula is C7H9NO2. The Labute approximate surface area is 58.9 Å². The van der Waals surface area contributed by atoms with Gasteiger partial charge in [-0.05, 0) is 12.3 Å². The maximum absolute atomic E-state index is 10.5. The van der Waals surface area contributed by atoms with Crippen LogP contribution in [0.1, 0.15) is 6.42 Å². The van der Waals surface area contributed by atoms with Gasteiger partial charge in [0.1, 0.15) is 0 Å². The first-order chi connectivity index (χ1) is 4.77. The molecule has 0 aromatic carbocycles. The lowest BCUT2D eigenvalue weighted by Gasteiger charge is -2.19. The molecule has 1 saturated heterocycles. The molecule has 1 aliphatic heterocycles. The number of amides is 1. The predicted molar refractivity (Wildman–Crippen MR) is 35.8 cm³/mol. The van der Waals surface area contributed by atoms with Crippen molar-refractivity contribution in [1.29, 1.82) is 0 Å². The number of carboxylic acid groups (broad SMARTS) is 1. The molecule has 54 valence electrons. The molecule has 2 rings (SSSR count). The van der Waals surface area contributed by atoms with Gasteiger partial charge in [-0.25, -0.2) is 4.79 Å². The maximum Gasteiger partial charge on any atom is 0.407 e. The minimum atomic E-state index is -0.781. The number of fused-ring (bicyclic) bond motifs is 2. The molecule has 0 aromatic rings. The highest BCUT2D eigenvalue weighted by Crippen LogP contribution is 2.30. The van der Waals surface area contributed by atoms with Crippen LogP contribution in [0.5, 0.6) is 0 Å². The molecule has 0 saturated carbocycles. The highest BCUT2D eigenvalue weighted by Gasteiger charge is 2.36. The molecule has 0 aromatic heterocycles. The molecule has 2 bridgehead atoms. The molecule has 0 radical (unpaired) electrons. The van der Waals surface area contributed by atoms with Gasteiger partial charge in [0.15, 0.2) is 0 Å². The summed E-state index contributed by atoms with van der Waals surface area (Å²) in [6.07, 6.45) is 4.33. The summed E-state index contributed by atoms with van der Waals surface area (Å²) in [5.74, 6) is 0.501. The zero-order valence-electron chi connectivity index (χ0n) is 5.53. The molecule has 1 heterocycles. The minimum Gasteiger partial charge on any atom is -0.465 e. The third-order valence-corrected chi connectivity index (χ3v) is 2.23. The number of hydrogen-bond acceptors (Lipinski definition) is 1. The van der Waals surface area contributed by atoms with Crippen LogP contribution in [0.2, 0.25) is 0 Å². The highest BCUT2D eigenvalue weighted by atomic mass is 16.4. The topological polar surface area (TPSA) is 40.5 Å². The van der Waals surface area contributed by atoms with Crippen molar-refractivity contribution in [3.05, 3.63) is 12.2 Å². The normalized spacial score (nSPS) is 35.4. The van der Waals surface area contributed by atoms with Gasteiger partial charge < -0.3 is 10.0 Å². The van der Waals surface area contributed by atoms with Crippen molar-refractivity contribution in [3.8, 4) is 0 Å². The van der Waals surface area contributed by atoms with Crippen LogP contribution in [0.15, 0.2) is 12.2 Å². The Morgan fingerprint density at radius 1 is 1.60 bits per heavy atom. The Kier molecular flexibility index (Phi) is 1.01. The van der Waals surface area contributed by atoms with Crippen LogP contribution in [0.25, 0.3) is 0 Å². The monoisotopic (exact) mass is 139 g/mol. The average molecular weight is 139 g/mol. The molecule has 1 N–H and O–H groups in total. The van der Waals surface area contributed by atoms with Crippen molar-refractivity contribution in [2.75, 3.05) is 6.54 Å². The summed E-state index contributed by atoms with van der Waals surface area (Å²) in [5.41, 5.74) is 0. The molecule has 0 spiro atoms.